The predicted molar refractivity (Wildman–Crippen MR) is 72.1 cm³/mol. The van der Waals surface area contributed by atoms with Crippen LogP contribution in [0.5, 0.6) is 5.75 Å². The molecule has 98 valence electrons. The van der Waals surface area contributed by atoms with E-state index in [1.807, 2.05) is 13.0 Å². The highest BCUT2D eigenvalue weighted by atomic mass is 35.5. The number of furan rings is 1. The lowest BCUT2D eigenvalue weighted by atomic mass is 10.0. The first-order valence-corrected chi connectivity index (χ1v) is 6.55. The highest BCUT2D eigenvalue weighted by Crippen LogP contribution is 2.33. The fraction of sp³-hybridized carbons (Fsp3) is 0.267. The standard InChI is InChI=1S/C15H13ClO3/c1-9-2-3-14(19-9)13(17)8-11-7-12(16)6-10-4-5-18-15(10)11/h2-3,6-7H,4-5,8H2,1H3. The van der Waals surface area contributed by atoms with Gasteiger partial charge in [-0.05, 0) is 36.8 Å². The second kappa shape index (κ2) is 4.74. The molecule has 0 atom stereocenters. The smallest absolute Gasteiger partial charge is 0.202 e. The minimum Gasteiger partial charge on any atom is -0.493 e. The number of carbonyl (C=O) groups excluding carboxylic acids is 1. The van der Waals surface area contributed by atoms with Crippen molar-refractivity contribution < 1.29 is 13.9 Å². The van der Waals surface area contributed by atoms with E-state index < -0.39 is 0 Å². The lowest BCUT2D eigenvalue weighted by Crippen LogP contribution is -2.04. The number of benzene rings is 1. The van der Waals surface area contributed by atoms with Crippen LogP contribution in [0.3, 0.4) is 0 Å². The van der Waals surface area contributed by atoms with Crippen LogP contribution in [-0.4, -0.2) is 12.4 Å². The summed E-state index contributed by atoms with van der Waals surface area (Å²) < 4.78 is 10.9. The summed E-state index contributed by atoms with van der Waals surface area (Å²) in [5, 5.41) is 0.641. The molecular formula is C15H13ClO3. The van der Waals surface area contributed by atoms with Crippen LogP contribution in [0.1, 0.15) is 27.4 Å². The number of hydrogen-bond donors (Lipinski definition) is 0. The van der Waals surface area contributed by atoms with Crippen molar-refractivity contribution in [2.45, 2.75) is 19.8 Å². The predicted octanol–water partition coefficient (Wildman–Crippen LogP) is 3.60. The molecule has 0 spiro atoms. The molecule has 0 N–H and O–H groups in total. The zero-order valence-electron chi connectivity index (χ0n) is 10.5. The third kappa shape index (κ3) is 2.38. The topological polar surface area (TPSA) is 39.4 Å². The first kappa shape index (κ1) is 12.3. The number of Topliss-reactive ketones (excluding diaryl/α,β-unsaturated/α-hetero) is 1. The van der Waals surface area contributed by atoms with Gasteiger partial charge >= 0.3 is 0 Å². The van der Waals surface area contributed by atoms with E-state index in [-0.39, 0.29) is 12.2 Å². The van der Waals surface area contributed by atoms with Crippen molar-refractivity contribution in [3.8, 4) is 5.75 Å². The van der Waals surface area contributed by atoms with Crippen molar-refractivity contribution in [2.75, 3.05) is 6.61 Å². The summed E-state index contributed by atoms with van der Waals surface area (Å²) in [5.41, 5.74) is 1.91. The van der Waals surface area contributed by atoms with Crippen LogP contribution in [0.4, 0.5) is 0 Å². The Balaban J connectivity index is 1.90. The van der Waals surface area contributed by atoms with E-state index in [2.05, 4.69) is 0 Å². The maximum absolute atomic E-state index is 12.1. The number of halogens is 1. The van der Waals surface area contributed by atoms with Crippen molar-refractivity contribution in [3.05, 3.63) is 51.9 Å². The molecule has 1 aromatic carbocycles. The van der Waals surface area contributed by atoms with E-state index in [9.17, 15) is 4.79 Å². The third-order valence-corrected chi connectivity index (χ3v) is 3.41. The average molecular weight is 277 g/mol. The van der Waals surface area contributed by atoms with Gasteiger partial charge in [-0.1, -0.05) is 11.6 Å². The molecule has 4 heteroatoms. The molecule has 0 saturated carbocycles. The van der Waals surface area contributed by atoms with Crippen molar-refractivity contribution in [1.82, 2.24) is 0 Å². The Bertz CT molecular complexity index is 643. The van der Waals surface area contributed by atoms with Gasteiger partial charge in [-0.15, -0.1) is 0 Å². The van der Waals surface area contributed by atoms with E-state index in [1.54, 1.807) is 18.2 Å². The summed E-state index contributed by atoms with van der Waals surface area (Å²) in [7, 11) is 0. The molecule has 1 aliphatic rings. The number of rotatable bonds is 3. The number of ether oxygens (including phenoxy) is 1. The van der Waals surface area contributed by atoms with E-state index in [0.717, 1.165) is 29.1 Å². The Labute approximate surface area is 116 Å². The van der Waals surface area contributed by atoms with Gasteiger partial charge in [-0.3, -0.25) is 4.79 Å². The SMILES string of the molecule is Cc1ccc(C(=O)Cc2cc(Cl)cc3c2OCC3)o1. The maximum Gasteiger partial charge on any atom is 0.202 e. The highest BCUT2D eigenvalue weighted by molar-refractivity contribution is 6.30. The zero-order chi connectivity index (χ0) is 13.4. The summed E-state index contributed by atoms with van der Waals surface area (Å²) in [6, 6.07) is 7.17. The Kier molecular flexibility index (Phi) is 3.07. The normalized spacial score (nSPS) is 13.2. The molecule has 3 rings (SSSR count). The number of ketones is 1. The van der Waals surface area contributed by atoms with Gasteiger partial charge in [0.2, 0.25) is 5.78 Å². The fourth-order valence-electron chi connectivity index (χ4n) is 2.32. The van der Waals surface area contributed by atoms with E-state index in [4.69, 9.17) is 20.8 Å². The number of hydrogen-bond acceptors (Lipinski definition) is 3. The largest absolute Gasteiger partial charge is 0.493 e. The van der Waals surface area contributed by atoms with Gasteiger partial charge in [0.25, 0.3) is 0 Å². The lowest BCUT2D eigenvalue weighted by Gasteiger charge is -2.07. The first-order valence-electron chi connectivity index (χ1n) is 6.17. The molecule has 3 nitrogen and oxygen atoms in total. The van der Waals surface area contributed by atoms with E-state index >= 15 is 0 Å². The molecule has 0 amide bonds. The van der Waals surface area contributed by atoms with Gasteiger partial charge in [0.1, 0.15) is 11.5 Å². The fourth-order valence-corrected chi connectivity index (χ4v) is 2.59. The van der Waals surface area contributed by atoms with Crippen molar-refractivity contribution in [1.29, 1.82) is 0 Å². The molecule has 1 aliphatic heterocycles. The first-order chi connectivity index (χ1) is 9.13. The second-order valence-electron chi connectivity index (χ2n) is 4.66. The molecule has 2 heterocycles. The molecular weight excluding hydrogens is 264 g/mol. The maximum atomic E-state index is 12.1. The molecule has 19 heavy (non-hydrogen) atoms. The molecule has 0 bridgehead atoms. The number of aryl methyl sites for hydroxylation is 1. The summed E-state index contributed by atoms with van der Waals surface area (Å²) in [6.45, 7) is 2.47. The molecule has 0 aliphatic carbocycles. The van der Waals surface area contributed by atoms with Gasteiger partial charge < -0.3 is 9.15 Å². The van der Waals surface area contributed by atoms with Crippen molar-refractivity contribution in [2.24, 2.45) is 0 Å². The van der Waals surface area contributed by atoms with Gasteiger partial charge in [0, 0.05) is 23.4 Å². The van der Waals surface area contributed by atoms with Crippen LogP contribution in [0.2, 0.25) is 5.02 Å². The Morgan fingerprint density at radius 3 is 2.95 bits per heavy atom. The lowest BCUT2D eigenvalue weighted by molar-refractivity contribution is 0.0964. The number of fused-ring (bicyclic) bond motifs is 1. The molecule has 0 fully saturated rings. The zero-order valence-corrected chi connectivity index (χ0v) is 11.3. The number of carbonyl (C=O) groups is 1. The summed E-state index contributed by atoms with van der Waals surface area (Å²) >= 11 is 6.07. The summed E-state index contributed by atoms with van der Waals surface area (Å²) in [4.78, 5) is 12.1. The molecule has 0 unspecified atom stereocenters. The van der Waals surface area contributed by atoms with Gasteiger partial charge in [-0.2, -0.15) is 0 Å². The van der Waals surface area contributed by atoms with E-state index in [0.29, 0.717) is 17.4 Å². The quantitative estimate of drug-likeness (QED) is 0.804. The monoisotopic (exact) mass is 276 g/mol. The van der Waals surface area contributed by atoms with Gasteiger partial charge in [0.05, 0.1) is 6.61 Å². The van der Waals surface area contributed by atoms with Gasteiger partial charge in [0.15, 0.2) is 5.76 Å². The van der Waals surface area contributed by atoms with Crippen LogP contribution in [0.25, 0.3) is 0 Å². The van der Waals surface area contributed by atoms with Crippen LogP contribution in [0.15, 0.2) is 28.7 Å². The minimum absolute atomic E-state index is 0.0620. The molecule has 1 aromatic heterocycles. The molecule has 0 radical (unpaired) electrons. The van der Waals surface area contributed by atoms with Crippen LogP contribution < -0.4 is 4.74 Å². The molecule has 0 saturated heterocycles. The van der Waals surface area contributed by atoms with Gasteiger partial charge in [-0.25, -0.2) is 0 Å². The third-order valence-electron chi connectivity index (χ3n) is 3.19. The average Bonchev–Trinajstić information content (AvgIpc) is 2.97. The van der Waals surface area contributed by atoms with Crippen LogP contribution >= 0.6 is 11.6 Å². The van der Waals surface area contributed by atoms with Crippen LogP contribution in [0, 0.1) is 6.92 Å². The minimum atomic E-state index is -0.0620. The summed E-state index contributed by atoms with van der Waals surface area (Å²) in [6.07, 6.45) is 1.09. The highest BCUT2D eigenvalue weighted by Gasteiger charge is 2.20. The molecule has 2 aromatic rings. The summed E-state index contributed by atoms with van der Waals surface area (Å²) in [5.74, 6) is 1.86. The van der Waals surface area contributed by atoms with E-state index in [1.165, 1.54) is 0 Å². The Morgan fingerprint density at radius 2 is 2.21 bits per heavy atom. The van der Waals surface area contributed by atoms with Crippen molar-refractivity contribution >= 4 is 17.4 Å². The Morgan fingerprint density at radius 1 is 1.37 bits per heavy atom. The second-order valence-corrected chi connectivity index (χ2v) is 5.10. The van der Waals surface area contributed by atoms with Crippen LogP contribution in [-0.2, 0) is 12.8 Å². The van der Waals surface area contributed by atoms with Crippen molar-refractivity contribution in [3.63, 3.8) is 0 Å². The Hall–Kier alpha value is -1.74.